The number of rotatable bonds is 9. The molecule has 0 fully saturated rings. The number of ether oxygens (including phenoxy) is 2. The van der Waals surface area contributed by atoms with Gasteiger partial charge in [0, 0.05) is 25.7 Å². The number of methoxy groups -OCH3 is 1. The Morgan fingerprint density at radius 1 is 1.30 bits per heavy atom. The third-order valence-corrected chi connectivity index (χ3v) is 3.41. The molecule has 0 atom stereocenters. The fourth-order valence-corrected chi connectivity index (χ4v) is 1.93. The first-order chi connectivity index (χ1) is 10.5. The summed E-state index contributed by atoms with van der Waals surface area (Å²) in [5.74, 6) is 1.84. The molecule has 1 amide bonds. The molecule has 0 aliphatic carbocycles. The number of nitrogens with zero attached hydrogens (tertiary/aromatic N) is 1. The SMILES string of the molecule is CNCCN(C)C(=O)c1ccc(OCCC(C)C)c(OC)c1.Cl. The van der Waals surface area contributed by atoms with Gasteiger partial charge in [-0.3, -0.25) is 4.79 Å². The molecule has 1 aromatic carbocycles. The molecule has 0 bridgehead atoms. The minimum absolute atomic E-state index is 0. The molecule has 1 aromatic rings. The second-order valence-electron chi connectivity index (χ2n) is 5.73. The molecule has 0 unspecified atom stereocenters. The zero-order valence-electron chi connectivity index (χ0n) is 14.7. The van der Waals surface area contributed by atoms with Gasteiger partial charge in [-0.1, -0.05) is 13.8 Å². The molecule has 0 radical (unpaired) electrons. The van der Waals surface area contributed by atoms with Crippen LogP contribution in [0, 0.1) is 5.92 Å². The van der Waals surface area contributed by atoms with E-state index in [-0.39, 0.29) is 18.3 Å². The van der Waals surface area contributed by atoms with Crippen LogP contribution < -0.4 is 14.8 Å². The van der Waals surface area contributed by atoms with Crippen LogP contribution in [0.5, 0.6) is 11.5 Å². The number of hydrogen-bond acceptors (Lipinski definition) is 4. The van der Waals surface area contributed by atoms with Gasteiger partial charge in [-0.05, 0) is 37.6 Å². The molecule has 0 heterocycles. The molecule has 1 N–H and O–H groups in total. The number of hydrogen-bond donors (Lipinski definition) is 1. The van der Waals surface area contributed by atoms with Crippen molar-refractivity contribution < 1.29 is 14.3 Å². The lowest BCUT2D eigenvalue weighted by Crippen LogP contribution is -2.32. The fourth-order valence-electron chi connectivity index (χ4n) is 1.93. The molecule has 6 heteroatoms. The minimum Gasteiger partial charge on any atom is -0.493 e. The average Bonchev–Trinajstić information content (AvgIpc) is 2.51. The highest BCUT2D eigenvalue weighted by atomic mass is 35.5. The van der Waals surface area contributed by atoms with E-state index in [1.165, 1.54) is 0 Å². The van der Waals surface area contributed by atoms with E-state index in [0.29, 0.717) is 36.1 Å². The van der Waals surface area contributed by atoms with Crippen LogP contribution in [0.15, 0.2) is 18.2 Å². The zero-order valence-corrected chi connectivity index (χ0v) is 15.5. The molecule has 0 aliphatic heterocycles. The molecule has 0 saturated carbocycles. The van der Waals surface area contributed by atoms with E-state index in [1.807, 2.05) is 7.05 Å². The van der Waals surface area contributed by atoms with Gasteiger partial charge in [-0.2, -0.15) is 0 Å². The molecule has 0 spiro atoms. The van der Waals surface area contributed by atoms with E-state index in [9.17, 15) is 4.79 Å². The maximum atomic E-state index is 12.3. The quantitative estimate of drug-likeness (QED) is 0.748. The van der Waals surface area contributed by atoms with Crippen LogP contribution in [-0.2, 0) is 0 Å². The van der Waals surface area contributed by atoms with Gasteiger partial charge in [0.2, 0.25) is 0 Å². The smallest absolute Gasteiger partial charge is 0.253 e. The van der Waals surface area contributed by atoms with E-state index >= 15 is 0 Å². The van der Waals surface area contributed by atoms with Gasteiger partial charge in [0.25, 0.3) is 5.91 Å². The summed E-state index contributed by atoms with van der Waals surface area (Å²) < 4.78 is 11.1. The second-order valence-corrected chi connectivity index (χ2v) is 5.73. The van der Waals surface area contributed by atoms with Crippen LogP contribution in [-0.4, -0.2) is 51.7 Å². The largest absolute Gasteiger partial charge is 0.493 e. The lowest BCUT2D eigenvalue weighted by molar-refractivity contribution is 0.0796. The Morgan fingerprint density at radius 2 is 2.00 bits per heavy atom. The maximum Gasteiger partial charge on any atom is 0.253 e. The number of benzene rings is 1. The number of amides is 1. The van der Waals surface area contributed by atoms with Crippen molar-refractivity contribution in [3.63, 3.8) is 0 Å². The van der Waals surface area contributed by atoms with Crippen molar-refractivity contribution in [2.24, 2.45) is 5.92 Å². The lowest BCUT2D eigenvalue weighted by Gasteiger charge is -2.18. The summed E-state index contributed by atoms with van der Waals surface area (Å²) >= 11 is 0. The topological polar surface area (TPSA) is 50.8 Å². The van der Waals surface area contributed by atoms with Crippen LogP contribution in [0.4, 0.5) is 0 Å². The predicted molar refractivity (Wildman–Crippen MR) is 96.1 cm³/mol. The third kappa shape index (κ3) is 7.10. The van der Waals surface area contributed by atoms with Crippen molar-refractivity contribution in [2.75, 3.05) is 40.9 Å². The Balaban J connectivity index is 0.00000484. The van der Waals surface area contributed by atoms with Crippen molar-refractivity contribution in [2.45, 2.75) is 20.3 Å². The fraction of sp³-hybridized carbons (Fsp3) is 0.588. The van der Waals surface area contributed by atoms with Gasteiger partial charge >= 0.3 is 0 Å². The van der Waals surface area contributed by atoms with Crippen molar-refractivity contribution >= 4 is 18.3 Å². The summed E-state index contributed by atoms with van der Waals surface area (Å²) in [5.41, 5.74) is 0.603. The Labute approximate surface area is 145 Å². The van der Waals surface area contributed by atoms with Crippen molar-refractivity contribution in [1.82, 2.24) is 10.2 Å². The number of likely N-dealkylation sites (N-methyl/N-ethyl adjacent to an activating group) is 2. The van der Waals surface area contributed by atoms with Gasteiger partial charge in [0.15, 0.2) is 11.5 Å². The van der Waals surface area contributed by atoms with E-state index in [4.69, 9.17) is 9.47 Å². The molecular weight excluding hydrogens is 316 g/mol. The van der Waals surface area contributed by atoms with Crippen LogP contribution in [0.1, 0.15) is 30.6 Å². The normalized spacial score (nSPS) is 10.2. The van der Waals surface area contributed by atoms with Crippen molar-refractivity contribution in [3.8, 4) is 11.5 Å². The first-order valence-electron chi connectivity index (χ1n) is 7.70. The molecule has 132 valence electrons. The molecule has 1 rings (SSSR count). The number of halogens is 1. The van der Waals surface area contributed by atoms with E-state index in [0.717, 1.165) is 13.0 Å². The zero-order chi connectivity index (χ0) is 16.5. The summed E-state index contributed by atoms with van der Waals surface area (Å²) in [5, 5.41) is 3.03. The first kappa shape index (κ1) is 21.5. The molecule has 23 heavy (non-hydrogen) atoms. The lowest BCUT2D eigenvalue weighted by atomic mass is 10.1. The van der Waals surface area contributed by atoms with Gasteiger partial charge in [0.05, 0.1) is 13.7 Å². The molecular formula is C17H29ClN2O3. The Kier molecular flexibility index (Phi) is 10.4. The Morgan fingerprint density at radius 3 is 2.57 bits per heavy atom. The molecule has 5 nitrogen and oxygen atoms in total. The highest BCUT2D eigenvalue weighted by Crippen LogP contribution is 2.28. The van der Waals surface area contributed by atoms with Gasteiger partial charge in [-0.25, -0.2) is 0 Å². The Bertz CT molecular complexity index is 481. The van der Waals surface area contributed by atoms with Gasteiger partial charge < -0.3 is 19.7 Å². The summed E-state index contributed by atoms with van der Waals surface area (Å²) in [7, 11) is 5.24. The first-order valence-corrected chi connectivity index (χ1v) is 7.70. The summed E-state index contributed by atoms with van der Waals surface area (Å²) in [6.07, 6.45) is 0.983. The number of nitrogens with one attached hydrogen (secondary N) is 1. The molecule has 0 aliphatic rings. The van der Waals surface area contributed by atoms with E-state index in [1.54, 1.807) is 37.3 Å². The minimum atomic E-state index is -0.0257. The standard InChI is InChI=1S/C17H28N2O3.ClH/c1-13(2)8-11-22-15-7-6-14(12-16(15)21-5)17(20)19(4)10-9-18-3;/h6-7,12-13,18H,8-11H2,1-5H3;1H. The highest BCUT2D eigenvalue weighted by molar-refractivity contribution is 5.94. The third-order valence-electron chi connectivity index (χ3n) is 3.41. The average molecular weight is 345 g/mol. The van der Waals surface area contributed by atoms with Crippen LogP contribution >= 0.6 is 12.4 Å². The number of carbonyl (C=O) groups is 1. The highest BCUT2D eigenvalue weighted by Gasteiger charge is 2.14. The van der Waals surface area contributed by atoms with Crippen LogP contribution in [0.25, 0.3) is 0 Å². The van der Waals surface area contributed by atoms with Crippen molar-refractivity contribution in [1.29, 1.82) is 0 Å². The number of carbonyl (C=O) groups excluding carboxylic acids is 1. The summed E-state index contributed by atoms with van der Waals surface area (Å²) in [4.78, 5) is 14.0. The molecule has 0 aromatic heterocycles. The van der Waals surface area contributed by atoms with Crippen LogP contribution in [0.3, 0.4) is 0 Å². The van der Waals surface area contributed by atoms with Crippen LogP contribution in [0.2, 0.25) is 0 Å². The second kappa shape index (κ2) is 11.1. The van der Waals surface area contributed by atoms with Gasteiger partial charge in [-0.15, -0.1) is 12.4 Å². The van der Waals surface area contributed by atoms with E-state index in [2.05, 4.69) is 19.2 Å². The van der Waals surface area contributed by atoms with Gasteiger partial charge in [0.1, 0.15) is 0 Å². The Hall–Kier alpha value is -1.46. The van der Waals surface area contributed by atoms with E-state index < -0.39 is 0 Å². The summed E-state index contributed by atoms with van der Waals surface area (Å²) in [6, 6.07) is 5.33. The molecule has 0 saturated heterocycles. The predicted octanol–water partition coefficient (Wildman–Crippen LogP) is 2.83. The van der Waals surface area contributed by atoms with Crippen molar-refractivity contribution in [3.05, 3.63) is 23.8 Å². The summed E-state index contributed by atoms with van der Waals surface area (Å²) in [6.45, 7) is 6.37. The monoisotopic (exact) mass is 344 g/mol. The maximum absolute atomic E-state index is 12.3.